The quantitative estimate of drug-likeness (QED) is 0.850. The van der Waals surface area contributed by atoms with E-state index in [4.69, 9.17) is 0 Å². The summed E-state index contributed by atoms with van der Waals surface area (Å²) in [5, 5.41) is 14.2. The Balaban J connectivity index is 1.82. The lowest BCUT2D eigenvalue weighted by atomic mass is 9.79. The van der Waals surface area contributed by atoms with Crippen molar-refractivity contribution in [3.63, 3.8) is 0 Å². The Morgan fingerprint density at radius 2 is 1.92 bits per heavy atom. The van der Waals surface area contributed by atoms with Crippen LogP contribution in [0.1, 0.15) is 25.7 Å². The summed E-state index contributed by atoms with van der Waals surface area (Å²) in [5.41, 5.74) is 0.577. The predicted molar refractivity (Wildman–Crippen MR) is 91.8 cm³/mol. The fraction of sp³-hybridized carbons (Fsp3) is 0.438. The van der Waals surface area contributed by atoms with E-state index in [9.17, 15) is 23.1 Å². The molecule has 1 heterocycles. The number of carbonyl (C=O) groups excluding carboxylic acids is 2. The van der Waals surface area contributed by atoms with Crippen molar-refractivity contribution in [1.82, 2.24) is 4.98 Å². The molecule has 0 radical (unpaired) electrons. The van der Waals surface area contributed by atoms with E-state index >= 15 is 0 Å². The molecule has 1 aromatic carbocycles. The van der Waals surface area contributed by atoms with Crippen LogP contribution >= 0.6 is 11.3 Å². The van der Waals surface area contributed by atoms with Crippen LogP contribution < -0.4 is 10.4 Å². The van der Waals surface area contributed by atoms with Gasteiger partial charge in [-0.2, -0.15) is 0 Å². The predicted octanol–water partition coefficient (Wildman–Crippen LogP) is 1.19. The number of nitrogens with one attached hydrogen (secondary N) is 1. The maximum atomic E-state index is 12.5. The van der Waals surface area contributed by atoms with Crippen molar-refractivity contribution in [1.29, 1.82) is 0 Å². The van der Waals surface area contributed by atoms with E-state index in [2.05, 4.69) is 10.3 Å². The lowest BCUT2D eigenvalue weighted by molar-refractivity contribution is -0.313. The molecule has 3 rings (SSSR count). The average molecular weight is 381 g/mol. The highest BCUT2D eigenvalue weighted by Crippen LogP contribution is 2.32. The van der Waals surface area contributed by atoms with Gasteiger partial charge in [0.2, 0.25) is 5.91 Å². The van der Waals surface area contributed by atoms with Gasteiger partial charge in [-0.25, -0.2) is 13.4 Å². The second-order valence-corrected chi connectivity index (χ2v) is 9.27. The van der Waals surface area contributed by atoms with Crippen LogP contribution in [0.4, 0.5) is 5.13 Å². The average Bonchev–Trinajstić information content (AvgIpc) is 2.95. The lowest BCUT2D eigenvalue weighted by Gasteiger charge is -2.30. The summed E-state index contributed by atoms with van der Waals surface area (Å²) in [6.07, 6.45) is 3.66. The Kier molecular flexibility index (Phi) is 4.79. The number of fused-ring (bicyclic) bond motifs is 1. The number of rotatable bonds is 4. The van der Waals surface area contributed by atoms with Crippen molar-refractivity contribution in [3.8, 4) is 0 Å². The number of anilines is 1. The number of benzene rings is 1. The second kappa shape index (κ2) is 6.72. The third-order valence-corrected chi connectivity index (χ3v) is 6.47. The lowest BCUT2D eigenvalue weighted by Crippen LogP contribution is -2.42. The fourth-order valence-electron chi connectivity index (χ4n) is 3.11. The van der Waals surface area contributed by atoms with Crippen LogP contribution in [-0.4, -0.2) is 31.5 Å². The van der Waals surface area contributed by atoms with Crippen molar-refractivity contribution in [3.05, 3.63) is 18.2 Å². The summed E-state index contributed by atoms with van der Waals surface area (Å²) >= 11 is 1.16. The minimum absolute atomic E-state index is 0.186. The first-order valence-electron chi connectivity index (χ1n) is 7.88. The van der Waals surface area contributed by atoms with Crippen molar-refractivity contribution in [2.45, 2.75) is 30.6 Å². The van der Waals surface area contributed by atoms with Crippen LogP contribution in [0.5, 0.6) is 0 Å². The molecule has 0 unspecified atom stereocenters. The number of aromatic nitrogens is 1. The zero-order valence-corrected chi connectivity index (χ0v) is 15.2. The van der Waals surface area contributed by atoms with Crippen LogP contribution in [-0.2, 0) is 19.4 Å². The molecule has 1 N–H and O–H groups in total. The van der Waals surface area contributed by atoms with Gasteiger partial charge in [0, 0.05) is 24.1 Å². The third-order valence-electron chi connectivity index (χ3n) is 4.42. The van der Waals surface area contributed by atoms with Crippen LogP contribution in [0, 0.1) is 11.8 Å². The molecular formula is C16H17N2O5S2-. The zero-order chi connectivity index (χ0) is 18.2. The number of amides is 1. The van der Waals surface area contributed by atoms with Gasteiger partial charge < -0.3 is 15.2 Å². The van der Waals surface area contributed by atoms with Gasteiger partial charge in [-0.05, 0) is 31.0 Å². The van der Waals surface area contributed by atoms with Gasteiger partial charge >= 0.3 is 0 Å². The molecule has 9 heteroatoms. The number of aliphatic carboxylic acids is 1. The smallest absolute Gasteiger partial charge is 0.229 e. The molecule has 1 amide bonds. The van der Waals surface area contributed by atoms with Gasteiger partial charge in [-0.1, -0.05) is 24.2 Å². The SMILES string of the molecule is CS(=O)(=O)c1ccc2nc(NC(=O)[C@@H]3CCCC[C@@H]3C(=O)[O-])sc2c1. The second-order valence-electron chi connectivity index (χ2n) is 6.23. The fourth-order valence-corrected chi connectivity index (χ4v) is 4.74. The Labute approximate surface area is 149 Å². The monoisotopic (exact) mass is 381 g/mol. The highest BCUT2D eigenvalue weighted by molar-refractivity contribution is 7.90. The Hall–Kier alpha value is -2.00. The number of thiazole rings is 1. The Morgan fingerprint density at radius 1 is 1.24 bits per heavy atom. The van der Waals surface area contributed by atoms with Gasteiger partial charge in [0.05, 0.1) is 15.1 Å². The topological polar surface area (TPSA) is 116 Å². The molecule has 0 spiro atoms. The molecule has 2 atom stereocenters. The number of hydrogen-bond donors (Lipinski definition) is 1. The van der Waals surface area contributed by atoms with E-state index < -0.39 is 27.6 Å². The summed E-state index contributed by atoms with van der Waals surface area (Å²) in [5.74, 6) is -2.98. The Bertz CT molecular complexity index is 935. The third kappa shape index (κ3) is 3.82. The normalized spacial score (nSPS) is 21.2. The van der Waals surface area contributed by atoms with E-state index in [1.807, 2.05) is 0 Å². The molecular weight excluding hydrogens is 364 g/mol. The molecule has 25 heavy (non-hydrogen) atoms. The summed E-state index contributed by atoms with van der Waals surface area (Å²) in [7, 11) is -3.32. The van der Waals surface area contributed by atoms with E-state index in [0.717, 1.165) is 30.4 Å². The number of hydrogen-bond acceptors (Lipinski definition) is 7. The van der Waals surface area contributed by atoms with E-state index in [0.29, 0.717) is 28.2 Å². The minimum atomic E-state index is -3.32. The van der Waals surface area contributed by atoms with Gasteiger partial charge in [0.1, 0.15) is 0 Å². The van der Waals surface area contributed by atoms with Gasteiger partial charge in [0.15, 0.2) is 15.0 Å². The number of sulfone groups is 1. The molecule has 1 aliphatic carbocycles. The van der Waals surface area contributed by atoms with Crippen LogP contribution in [0.25, 0.3) is 10.2 Å². The molecule has 1 aliphatic rings. The van der Waals surface area contributed by atoms with Crippen molar-refractivity contribution in [2.75, 3.05) is 11.6 Å². The number of carboxylic acids is 1. The molecule has 1 aromatic heterocycles. The first-order chi connectivity index (χ1) is 11.8. The molecule has 134 valence electrons. The first kappa shape index (κ1) is 17.8. The van der Waals surface area contributed by atoms with Crippen LogP contribution in [0.3, 0.4) is 0 Å². The first-order valence-corrected chi connectivity index (χ1v) is 10.6. The van der Waals surface area contributed by atoms with Crippen LogP contribution in [0.2, 0.25) is 0 Å². The molecule has 0 bridgehead atoms. The molecule has 1 saturated carbocycles. The maximum Gasteiger partial charge on any atom is 0.229 e. The van der Waals surface area contributed by atoms with Crippen molar-refractivity contribution < 1.29 is 23.1 Å². The zero-order valence-electron chi connectivity index (χ0n) is 13.5. The van der Waals surface area contributed by atoms with Crippen molar-refractivity contribution in [2.24, 2.45) is 11.8 Å². The molecule has 7 nitrogen and oxygen atoms in total. The highest BCUT2D eigenvalue weighted by Gasteiger charge is 2.32. The van der Waals surface area contributed by atoms with Gasteiger partial charge in [0.25, 0.3) is 0 Å². The summed E-state index contributed by atoms with van der Waals surface area (Å²) in [4.78, 5) is 28.1. The van der Waals surface area contributed by atoms with E-state index in [1.165, 1.54) is 12.1 Å². The standard InChI is InChI=1S/C16H18N2O5S2/c1-25(22,23)9-6-7-12-13(8-9)24-16(17-12)18-14(19)10-4-2-3-5-11(10)15(20)21/h6-8,10-11H,2-5H2,1H3,(H,20,21)(H,17,18,19)/p-1/t10-,11+/m1/s1. The highest BCUT2D eigenvalue weighted by atomic mass is 32.2. The minimum Gasteiger partial charge on any atom is -0.550 e. The van der Waals surface area contributed by atoms with Gasteiger partial charge in [-0.3, -0.25) is 4.79 Å². The van der Waals surface area contributed by atoms with Crippen molar-refractivity contribution >= 4 is 48.4 Å². The van der Waals surface area contributed by atoms with Gasteiger partial charge in [-0.15, -0.1) is 0 Å². The molecule has 0 saturated heterocycles. The summed E-state index contributed by atoms with van der Waals surface area (Å²) in [6, 6.07) is 4.57. The molecule has 1 fully saturated rings. The number of nitrogens with zero attached hydrogens (tertiary/aromatic N) is 1. The molecule has 2 aromatic rings. The number of carboxylic acid groups (broad SMARTS) is 1. The van der Waals surface area contributed by atoms with E-state index in [-0.39, 0.29) is 10.8 Å². The summed E-state index contributed by atoms with van der Waals surface area (Å²) in [6.45, 7) is 0. The largest absolute Gasteiger partial charge is 0.550 e. The van der Waals surface area contributed by atoms with Crippen LogP contribution in [0.15, 0.2) is 23.1 Å². The Morgan fingerprint density at radius 3 is 2.56 bits per heavy atom. The maximum absolute atomic E-state index is 12.5. The number of carbonyl (C=O) groups is 2. The summed E-state index contributed by atoms with van der Waals surface area (Å²) < 4.78 is 23.9. The van der Waals surface area contributed by atoms with E-state index in [1.54, 1.807) is 6.07 Å². The molecule has 0 aliphatic heterocycles.